The van der Waals surface area contributed by atoms with Gasteiger partial charge in [-0.05, 0) is 0 Å². The van der Waals surface area contributed by atoms with Crippen LogP contribution >= 0.6 is 26.6 Å². The predicted octanol–water partition coefficient (Wildman–Crippen LogP) is 6.53. The van der Waals surface area contributed by atoms with Crippen molar-refractivity contribution < 1.29 is 12.4 Å². The molecule has 0 amide bonds. The maximum atomic E-state index is 9.50. The number of nitrogens with zero attached hydrogens (tertiary/aromatic N) is 2. The number of nitroso groups, excluding NO2 is 2. The molecule has 6 aromatic rings. The SMILES string of the molecule is O=[N][Mo]([Br])([Br])[N]=O.c1cc[c]([Sb]([c]2ccccc2)[c]2ccccc2)cc1.c1cc[c]([Sb]([c]2ccccc2)[c]2ccccc2)cc1. The standard InChI is InChI=1S/6C6H5.2BrH.Mo.2NO.2Sb/c6*1-2-4-6-5-3-1;;;;2*1-2;;/h6*1-5H;2*1H;;;;;/q;;;;;;;;+4;2*-1;;/p-2. The van der Waals surface area contributed by atoms with Crippen LogP contribution in [0.1, 0.15) is 0 Å². The summed E-state index contributed by atoms with van der Waals surface area (Å²) in [5, 5.41) is 0. The minimum absolute atomic E-state index is 1.52. The average Bonchev–Trinajstić information content (AvgIpc) is 3.12. The first kappa shape index (κ1) is 35.7. The van der Waals surface area contributed by atoms with Gasteiger partial charge in [-0.25, -0.2) is 0 Å². The van der Waals surface area contributed by atoms with Crippen molar-refractivity contribution in [1.29, 1.82) is 0 Å². The van der Waals surface area contributed by atoms with E-state index >= 15 is 0 Å². The van der Waals surface area contributed by atoms with Gasteiger partial charge in [-0.1, -0.05) is 0 Å². The third kappa shape index (κ3) is 11.5. The molecule has 0 atom stereocenters. The monoisotopic (exact) mass is 1020 g/mol. The van der Waals surface area contributed by atoms with Gasteiger partial charge in [-0.15, -0.1) is 0 Å². The second-order valence-electron chi connectivity index (χ2n) is 9.25. The Labute approximate surface area is 296 Å². The molecule has 0 aliphatic carbocycles. The van der Waals surface area contributed by atoms with Crippen LogP contribution in [0, 0.1) is 9.81 Å². The molecule has 4 nitrogen and oxygen atoms in total. The second-order valence-corrected chi connectivity index (χ2v) is 40.5. The molecule has 0 fully saturated rings. The molecular weight excluding hydrogens is 992 g/mol. The van der Waals surface area contributed by atoms with Crippen molar-refractivity contribution in [2.45, 2.75) is 0 Å². The van der Waals surface area contributed by atoms with Crippen LogP contribution in [0.15, 0.2) is 189 Å². The Hall–Kier alpha value is -2.20. The fourth-order valence-electron chi connectivity index (χ4n) is 4.37. The van der Waals surface area contributed by atoms with E-state index in [2.05, 4.69) is 216 Å². The summed E-state index contributed by atoms with van der Waals surface area (Å²) in [4.78, 5) is 19.0. The summed E-state index contributed by atoms with van der Waals surface area (Å²) in [6.45, 7) is 0. The Morgan fingerprint density at radius 3 is 0.600 bits per heavy atom. The Morgan fingerprint density at radius 1 is 0.333 bits per heavy atom. The first-order valence-electron chi connectivity index (χ1n) is 13.8. The van der Waals surface area contributed by atoms with Crippen molar-refractivity contribution >= 4 is 88.1 Å². The maximum absolute atomic E-state index is 9.50. The van der Waals surface area contributed by atoms with Gasteiger partial charge < -0.3 is 0 Å². The van der Waals surface area contributed by atoms with Crippen LogP contribution < -0.4 is 21.1 Å². The van der Waals surface area contributed by atoms with E-state index in [0.717, 1.165) is 0 Å². The average molecular weight is 1020 g/mol. The van der Waals surface area contributed by atoms with Crippen molar-refractivity contribution in [3.05, 3.63) is 192 Å². The van der Waals surface area contributed by atoms with Crippen LogP contribution in [-0.4, -0.2) is 40.4 Å². The molecule has 0 aromatic heterocycles. The van der Waals surface area contributed by atoms with E-state index in [0.29, 0.717) is 0 Å². The van der Waals surface area contributed by atoms with Gasteiger partial charge in [0.25, 0.3) is 0 Å². The van der Waals surface area contributed by atoms with Crippen molar-refractivity contribution in [1.82, 2.24) is 0 Å². The molecular formula is C36H30Br2MoN2O2Sb2. The van der Waals surface area contributed by atoms with Crippen LogP contribution in [0.4, 0.5) is 0 Å². The molecule has 0 saturated carbocycles. The van der Waals surface area contributed by atoms with Crippen LogP contribution in [0.25, 0.3) is 0 Å². The summed E-state index contributed by atoms with van der Waals surface area (Å²) in [6.07, 6.45) is 0. The number of rotatable bonds is 8. The molecule has 226 valence electrons. The van der Waals surface area contributed by atoms with Gasteiger partial charge in [0.1, 0.15) is 0 Å². The quantitative estimate of drug-likeness (QED) is 0.129. The van der Waals surface area contributed by atoms with E-state index < -0.39 is 52.9 Å². The molecule has 0 N–H and O–H groups in total. The molecule has 0 unspecified atom stereocenters. The summed E-state index contributed by atoms with van der Waals surface area (Å²) < 4.78 is 14.0. The van der Waals surface area contributed by atoms with Crippen molar-refractivity contribution in [3.8, 4) is 0 Å². The molecule has 0 radical (unpaired) electrons. The zero-order valence-corrected chi connectivity index (χ0v) is 34.4. The third-order valence-corrected chi connectivity index (χ3v) is 23.9. The van der Waals surface area contributed by atoms with E-state index in [1.807, 2.05) is 0 Å². The topological polar surface area (TPSA) is 58.9 Å². The van der Waals surface area contributed by atoms with Crippen LogP contribution in [-0.2, 0) is 12.4 Å². The molecule has 0 spiro atoms. The number of hydrogen-bond acceptors (Lipinski definition) is 4. The molecule has 0 heterocycles. The number of hydrogen-bond donors (Lipinski definition) is 0. The third-order valence-electron chi connectivity index (χ3n) is 6.27. The van der Waals surface area contributed by atoms with E-state index in [9.17, 15) is 9.81 Å². The van der Waals surface area contributed by atoms with E-state index in [4.69, 9.17) is 0 Å². The number of benzene rings is 6. The molecule has 6 aromatic carbocycles. The van der Waals surface area contributed by atoms with Crippen molar-refractivity contribution in [2.24, 2.45) is 7.47 Å². The van der Waals surface area contributed by atoms with Crippen LogP contribution in [0.3, 0.4) is 0 Å². The fraction of sp³-hybridized carbons (Fsp3) is 0. The van der Waals surface area contributed by atoms with Crippen LogP contribution in [0.5, 0.6) is 0 Å². The fourth-order valence-corrected chi connectivity index (χ4v) is 17.6. The first-order chi connectivity index (χ1) is 22.0. The second kappa shape index (κ2) is 19.5. The Morgan fingerprint density at radius 2 is 0.489 bits per heavy atom. The van der Waals surface area contributed by atoms with Crippen molar-refractivity contribution in [2.75, 3.05) is 0 Å². The molecule has 45 heavy (non-hydrogen) atoms. The van der Waals surface area contributed by atoms with E-state index in [1.165, 1.54) is 21.1 Å². The summed E-state index contributed by atoms with van der Waals surface area (Å²) in [5.41, 5.74) is 0. The van der Waals surface area contributed by atoms with Gasteiger partial charge in [-0.3, -0.25) is 0 Å². The van der Waals surface area contributed by atoms with Gasteiger partial charge in [0.2, 0.25) is 0 Å². The summed E-state index contributed by atoms with van der Waals surface area (Å²) in [7, 11) is 0. The molecule has 9 heteroatoms. The zero-order chi connectivity index (χ0) is 31.7. The Bertz CT molecular complexity index is 1390. The van der Waals surface area contributed by atoms with Gasteiger partial charge in [-0.2, -0.15) is 0 Å². The first-order valence-corrected chi connectivity index (χ1v) is 32.5. The summed E-state index contributed by atoms with van der Waals surface area (Å²) in [6, 6.07) is 65.8. The molecule has 6 rings (SSSR count). The summed E-state index contributed by atoms with van der Waals surface area (Å²) in [5.74, 6) is 0. The Balaban J connectivity index is 0.000000170. The van der Waals surface area contributed by atoms with Gasteiger partial charge in [0, 0.05) is 0 Å². The number of halogens is 2. The molecule has 0 aliphatic rings. The molecule has 0 aliphatic heterocycles. The molecule has 0 saturated heterocycles. The Kier molecular flexibility index (Phi) is 15.4. The van der Waals surface area contributed by atoms with Gasteiger partial charge in [0.15, 0.2) is 0 Å². The predicted molar refractivity (Wildman–Crippen MR) is 197 cm³/mol. The molecule has 0 bridgehead atoms. The van der Waals surface area contributed by atoms with Crippen LogP contribution in [0.2, 0.25) is 0 Å². The zero-order valence-electron chi connectivity index (χ0n) is 24.1. The summed E-state index contributed by atoms with van der Waals surface area (Å²) >= 11 is -1.54. The van der Waals surface area contributed by atoms with Gasteiger partial charge in [0.05, 0.1) is 0 Å². The normalized spacial score (nSPS) is 10.9. The van der Waals surface area contributed by atoms with Crippen molar-refractivity contribution in [3.63, 3.8) is 0 Å². The minimum atomic E-state index is -3.34. The van der Waals surface area contributed by atoms with E-state index in [-0.39, 0.29) is 0 Å². The van der Waals surface area contributed by atoms with E-state index in [1.54, 1.807) is 0 Å². The van der Waals surface area contributed by atoms with Gasteiger partial charge >= 0.3 is 300 Å².